The number of aromatic nitrogens is 6. The minimum absolute atomic E-state index is 0.0755. The first kappa shape index (κ1) is 17.1. The Labute approximate surface area is 156 Å². The maximum Gasteiger partial charge on any atom is 0.273 e. The van der Waals surface area contributed by atoms with E-state index < -0.39 is 0 Å². The zero-order chi connectivity index (χ0) is 18.8. The third-order valence-electron chi connectivity index (χ3n) is 4.31. The second-order valence-corrected chi connectivity index (χ2v) is 6.44. The lowest BCUT2D eigenvalue weighted by molar-refractivity contribution is 0.0699. The molecule has 0 saturated carbocycles. The van der Waals surface area contributed by atoms with Crippen molar-refractivity contribution < 1.29 is 4.79 Å². The van der Waals surface area contributed by atoms with E-state index in [9.17, 15) is 4.79 Å². The average Bonchev–Trinajstić information content (AvgIpc) is 3.08. The van der Waals surface area contributed by atoms with Crippen molar-refractivity contribution in [3.63, 3.8) is 0 Å². The maximum atomic E-state index is 12.8. The number of carbonyl (C=O) groups is 1. The van der Waals surface area contributed by atoms with Crippen LogP contribution in [0, 0.1) is 13.8 Å². The van der Waals surface area contributed by atoms with Crippen LogP contribution in [0.15, 0.2) is 30.6 Å². The molecule has 9 heteroatoms. The largest absolute Gasteiger partial charge is 0.348 e. The SMILES string of the molecule is Cc1cc(C(=O)N2CCn3nc(CNc4ncccn4)cc3C2)nc(C)n1. The van der Waals surface area contributed by atoms with Gasteiger partial charge in [0.05, 0.1) is 31.0 Å². The van der Waals surface area contributed by atoms with Gasteiger partial charge in [-0.25, -0.2) is 19.9 Å². The van der Waals surface area contributed by atoms with Gasteiger partial charge in [-0.1, -0.05) is 0 Å². The first-order valence-corrected chi connectivity index (χ1v) is 8.76. The molecule has 0 spiro atoms. The molecule has 4 heterocycles. The summed E-state index contributed by atoms with van der Waals surface area (Å²) in [6.07, 6.45) is 3.38. The summed E-state index contributed by atoms with van der Waals surface area (Å²) in [5, 5.41) is 7.74. The standard InChI is InChI=1S/C18H20N8O/c1-12-8-16(23-13(2)22-12)17(27)25-6-7-26-15(11-25)9-14(24-26)10-21-18-19-4-3-5-20-18/h3-5,8-9H,6-7,10-11H2,1-2H3,(H,19,20,21). The topological polar surface area (TPSA) is 102 Å². The highest BCUT2D eigenvalue weighted by Crippen LogP contribution is 2.16. The number of amides is 1. The van der Waals surface area contributed by atoms with E-state index in [-0.39, 0.29) is 5.91 Å². The van der Waals surface area contributed by atoms with Crippen LogP contribution in [0.5, 0.6) is 0 Å². The number of aryl methyl sites for hydroxylation is 2. The van der Waals surface area contributed by atoms with Crippen LogP contribution in [0.2, 0.25) is 0 Å². The Balaban J connectivity index is 1.45. The summed E-state index contributed by atoms with van der Waals surface area (Å²) in [5.74, 6) is 1.10. The fourth-order valence-electron chi connectivity index (χ4n) is 3.13. The Hall–Kier alpha value is -3.36. The molecular weight excluding hydrogens is 344 g/mol. The van der Waals surface area contributed by atoms with Gasteiger partial charge >= 0.3 is 0 Å². The first-order chi connectivity index (χ1) is 13.1. The minimum Gasteiger partial charge on any atom is -0.348 e. The molecule has 0 saturated heterocycles. The lowest BCUT2D eigenvalue weighted by atomic mass is 10.2. The second-order valence-electron chi connectivity index (χ2n) is 6.44. The zero-order valence-electron chi connectivity index (χ0n) is 15.3. The van der Waals surface area contributed by atoms with E-state index in [1.165, 1.54) is 0 Å². The highest BCUT2D eigenvalue weighted by atomic mass is 16.2. The first-order valence-electron chi connectivity index (χ1n) is 8.76. The van der Waals surface area contributed by atoms with E-state index in [0.29, 0.717) is 43.6 Å². The molecule has 1 N–H and O–H groups in total. The molecule has 3 aromatic heterocycles. The number of hydrogen-bond acceptors (Lipinski definition) is 7. The Bertz CT molecular complexity index is 948. The van der Waals surface area contributed by atoms with Gasteiger partial charge < -0.3 is 10.2 Å². The van der Waals surface area contributed by atoms with Gasteiger partial charge in [0.2, 0.25) is 5.95 Å². The van der Waals surface area contributed by atoms with Crippen molar-refractivity contribution in [3.05, 3.63) is 59.2 Å². The van der Waals surface area contributed by atoms with E-state index in [1.54, 1.807) is 36.4 Å². The van der Waals surface area contributed by atoms with Crippen molar-refractivity contribution in [3.8, 4) is 0 Å². The second kappa shape index (κ2) is 7.10. The molecule has 0 unspecified atom stereocenters. The predicted octanol–water partition coefficient (Wildman–Crippen LogP) is 1.35. The van der Waals surface area contributed by atoms with Crippen LogP contribution in [-0.2, 0) is 19.6 Å². The van der Waals surface area contributed by atoms with Gasteiger partial charge in [-0.3, -0.25) is 9.48 Å². The average molecular weight is 364 g/mol. The summed E-state index contributed by atoms with van der Waals surface area (Å²) >= 11 is 0. The summed E-state index contributed by atoms with van der Waals surface area (Å²) < 4.78 is 1.95. The quantitative estimate of drug-likeness (QED) is 0.745. The van der Waals surface area contributed by atoms with Gasteiger partial charge in [0, 0.05) is 24.6 Å². The fraction of sp³-hybridized carbons (Fsp3) is 0.333. The van der Waals surface area contributed by atoms with Gasteiger partial charge in [0.1, 0.15) is 11.5 Å². The van der Waals surface area contributed by atoms with Gasteiger partial charge in [-0.15, -0.1) is 0 Å². The summed E-state index contributed by atoms with van der Waals surface area (Å²) in [5.41, 5.74) is 3.13. The van der Waals surface area contributed by atoms with Crippen molar-refractivity contribution in [2.24, 2.45) is 0 Å². The highest BCUT2D eigenvalue weighted by molar-refractivity contribution is 5.92. The van der Waals surface area contributed by atoms with Crippen LogP contribution >= 0.6 is 0 Å². The van der Waals surface area contributed by atoms with E-state index in [1.807, 2.05) is 17.7 Å². The Morgan fingerprint density at radius 2 is 1.96 bits per heavy atom. The molecule has 27 heavy (non-hydrogen) atoms. The zero-order valence-corrected chi connectivity index (χ0v) is 15.3. The molecule has 3 aromatic rings. The van der Waals surface area contributed by atoms with Crippen molar-refractivity contribution in [1.82, 2.24) is 34.6 Å². The molecule has 1 aliphatic heterocycles. The molecule has 9 nitrogen and oxygen atoms in total. The van der Waals surface area contributed by atoms with E-state index >= 15 is 0 Å². The number of fused-ring (bicyclic) bond motifs is 1. The molecule has 0 aliphatic carbocycles. The van der Waals surface area contributed by atoms with Crippen molar-refractivity contribution in [2.75, 3.05) is 11.9 Å². The Morgan fingerprint density at radius 3 is 2.74 bits per heavy atom. The molecule has 0 atom stereocenters. The van der Waals surface area contributed by atoms with E-state index in [4.69, 9.17) is 0 Å². The van der Waals surface area contributed by atoms with Gasteiger partial charge in [0.25, 0.3) is 5.91 Å². The number of nitrogens with one attached hydrogen (secondary N) is 1. The van der Waals surface area contributed by atoms with Crippen LogP contribution in [-0.4, -0.2) is 47.1 Å². The fourth-order valence-corrected chi connectivity index (χ4v) is 3.13. The molecule has 4 rings (SSSR count). The van der Waals surface area contributed by atoms with Crippen LogP contribution in [0.25, 0.3) is 0 Å². The summed E-state index contributed by atoms with van der Waals surface area (Å²) in [7, 11) is 0. The van der Waals surface area contributed by atoms with E-state index in [2.05, 4.69) is 30.4 Å². The third kappa shape index (κ3) is 3.76. The third-order valence-corrected chi connectivity index (χ3v) is 4.31. The number of anilines is 1. The normalized spacial score (nSPS) is 13.3. The lowest BCUT2D eigenvalue weighted by Gasteiger charge is -2.27. The highest BCUT2D eigenvalue weighted by Gasteiger charge is 2.24. The molecule has 1 amide bonds. The molecule has 0 bridgehead atoms. The minimum atomic E-state index is -0.0755. The lowest BCUT2D eigenvalue weighted by Crippen LogP contribution is -2.38. The van der Waals surface area contributed by atoms with Crippen molar-refractivity contribution in [2.45, 2.75) is 33.5 Å². The summed E-state index contributed by atoms with van der Waals surface area (Å²) in [6, 6.07) is 5.51. The van der Waals surface area contributed by atoms with Crippen molar-refractivity contribution in [1.29, 1.82) is 0 Å². The molecule has 138 valence electrons. The maximum absolute atomic E-state index is 12.8. The predicted molar refractivity (Wildman–Crippen MR) is 97.8 cm³/mol. The number of nitrogens with zero attached hydrogens (tertiary/aromatic N) is 7. The number of hydrogen-bond donors (Lipinski definition) is 1. The van der Waals surface area contributed by atoms with E-state index in [0.717, 1.165) is 17.1 Å². The number of rotatable bonds is 4. The summed E-state index contributed by atoms with van der Waals surface area (Å²) in [4.78, 5) is 31.4. The van der Waals surface area contributed by atoms with Crippen LogP contribution in [0.4, 0.5) is 5.95 Å². The molecule has 0 fully saturated rings. The summed E-state index contributed by atoms with van der Waals surface area (Å²) in [6.45, 7) is 5.96. The van der Waals surface area contributed by atoms with Crippen LogP contribution in [0.1, 0.15) is 33.4 Å². The van der Waals surface area contributed by atoms with Gasteiger partial charge in [-0.2, -0.15) is 5.10 Å². The number of carbonyl (C=O) groups excluding carboxylic acids is 1. The smallest absolute Gasteiger partial charge is 0.273 e. The Morgan fingerprint density at radius 1 is 1.15 bits per heavy atom. The van der Waals surface area contributed by atoms with Gasteiger partial charge in [0.15, 0.2) is 0 Å². The molecular formula is C18H20N8O. The monoisotopic (exact) mass is 364 g/mol. The van der Waals surface area contributed by atoms with Crippen LogP contribution < -0.4 is 5.32 Å². The van der Waals surface area contributed by atoms with Crippen molar-refractivity contribution >= 4 is 11.9 Å². The van der Waals surface area contributed by atoms with Gasteiger partial charge in [-0.05, 0) is 32.0 Å². The van der Waals surface area contributed by atoms with Crippen LogP contribution in [0.3, 0.4) is 0 Å². The molecule has 0 radical (unpaired) electrons. The Kier molecular flexibility index (Phi) is 4.49. The molecule has 1 aliphatic rings. The molecule has 0 aromatic carbocycles.